The average molecular weight is 369 g/mol. The Kier molecular flexibility index (Phi) is 3.98. The quantitative estimate of drug-likeness (QED) is 0.447. The molecular formula is C23H19N3S. The fourth-order valence-electron chi connectivity index (χ4n) is 3.81. The van der Waals surface area contributed by atoms with Crippen molar-refractivity contribution in [3.05, 3.63) is 95.3 Å². The second-order valence-corrected chi connectivity index (χ2v) is 7.38. The summed E-state index contributed by atoms with van der Waals surface area (Å²) in [6.07, 6.45) is 1.10. The maximum atomic E-state index is 5.56. The number of aromatic amines is 1. The Hall–Kier alpha value is -2.98. The Balaban J connectivity index is 1.52. The lowest BCUT2D eigenvalue weighted by Crippen LogP contribution is -2.00. The predicted molar refractivity (Wildman–Crippen MR) is 111 cm³/mol. The van der Waals surface area contributed by atoms with Gasteiger partial charge < -0.3 is 0 Å². The summed E-state index contributed by atoms with van der Waals surface area (Å²) < 4.78 is 2.88. The minimum absolute atomic E-state index is 0.369. The maximum Gasteiger partial charge on any atom is 0.195 e. The summed E-state index contributed by atoms with van der Waals surface area (Å²) in [5.41, 5.74) is 4.84. The molecule has 3 nitrogen and oxygen atoms in total. The fourth-order valence-corrected chi connectivity index (χ4v) is 4.08. The first-order chi connectivity index (χ1) is 13.3. The highest BCUT2D eigenvalue weighted by Crippen LogP contribution is 2.52. The molecule has 1 N–H and O–H groups in total. The molecule has 0 spiro atoms. The molecule has 4 heteroatoms. The van der Waals surface area contributed by atoms with Crippen LogP contribution in [0.25, 0.3) is 22.5 Å². The normalized spacial score (nSPS) is 18.4. The summed E-state index contributed by atoms with van der Waals surface area (Å²) in [4.78, 5) is 0. The molecule has 1 heterocycles. The number of nitrogens with one attached hydrogen (secondary N) is 1. The Morgan fingerprint density at radius 3 is 2.26 bits per heavy atom. The molecule has 132 valence electrons. The van der Waals surface area contributed by atoms with E-state index in [0.29, 0.717) is 16.7 Å². The van der Waals surface area contributed by atoms with Gasteiger partial charge in [0.1, 0.15) is 0 Å². The zero-order valence-electron chi connectivity index (χ0n) is 14.7. The fraction of sp³-hybridized carbons (Fsp3) is 0.130. The summed E-state index contributed by atoms with van der Waals surface area (Å²) in [6, 6.07) is 30.0. The number of hydrogen-bond acceptors (Lipinski definition) is 2. The van der Waals surface area contributed by atoms with Crippen LogP contribution in [0.15, 0.2) is 84.9 Å². The highest BCUT2D eigenvalue weighted by atomic mass is 32.1. The van der Waals surface area contributed by atoms with E-state index in [-0.39, 0.29) is 0 Å². The van der Waals surface area contributed by atoms with Crippen molar-refractivity contribution in [1.29, 1.82) is 0 Å². The molecule has 0 radical (unpaired) electrons. The lowest BCUT2D eigenvalue weighted by molar-refractivity contribution is 0.711. The number of H-pyrrole nitrogens is 1. The molecule has 1 aliphatic rings. The second kappa shape index (κ2) is 6.63. The topological polar surface area (TPSA) is 33.6 Å². The molecule has 1 aromatic heterocycles. The van der Waals surface area contributed by atoms with E-state index in [0.717, 1.165) is 17.8 Å². The molecule has 0 unspecified atom stereocenters. The summed E-state index contributed by atoms with van der Waals surface area (Å²) in [5, 5.41) is 7.56. The first kappa shape index (κ1) is 16.2. The van der Waals surface area contributed by atoms with Gasteiger partial charge >= 0.3 is 0 Å². The molecule has 0 saturated heterocycles. The smallest absolute Gasteiger partial charge is 0.195 e. The molecule has 1 aliphatic carbocycles. The zero-order valence-corrected chi connectivity index (χ0v) is 15.6. The number of aromatic nitrogens is 3. The van der Waals surface area contributed by atoms with Crippen LogP contribution in [-0.2, 0) is 0 Å². The van der Waals surface area contributed by atoms with Gasteiger partial charge in [-0.05, 0) is 41.4 Å². The first-order valence-electron chi connectivity index (χ1n) is 9.19. The van der Waals surface area contributed by atoms with Gasteiger partial charge in [-0.1, -0.05) is 78.9 Å². The monoisotopic (exact) mass is 369 g/mol. The standard InChI is InChI=1S/C23H19N3S/c27-23-25-24-22(26(23)21-15-20(21)17-10-5-2-6-11-17)19-13-7-12-18(14-19)16-8-3-1-4-9-16/h1-14,20-21H,15H2,(H,25,27)/t20-,21+/m0/s1. The molecule has 5 rings (SSSR count). The molecule has 0 amide bonds. The van der Waals surface area contributed by atoms with Crippen molar-refractivity contribution in [2.75, 3.05) is 0 Å². The number of benzene rings is 3. The third-order valence-corrected chi connectivity index (χ3v) is 5.54. The molecule has 1 saturated carbocycles. The van der Waals surface area contributed by atoms with Gasteiger partial charge in [0.05, 0.1) is 0 Å². The summed E-state index contributed by atoms with van der Waals surface area (Å²) in [5.74, 6) is 1.42. The van der Waals surface area contributed by atoms with Gasteiger partial charge in [0, 0.05) is 17.5 Å². The van der Waals surface area contributed by atoms with Crippen molar-refractivity contribution in [2.45, 2.75) is 18.4 Å². The van der Waals surface area contributed by atoms with E-state index in [4.69, 9.17) is 12.2 Å². The van der Waals surface area contributed by atoms with Crippen molar-refractivity contribution < 1.29 is 0 Å². The van der Waals surface area contributed by atoms with Gasteiger partial charge in [-0.15, -0.1) is 0 Å². The van der Waals surface area contributed by atoms with Crippen LogP contribution in [0.5, 0.6) is 0 Å². The van der Waals surface area contributed by atoms with Crippen molar-refractivity contribution in [3.63, 3.8) is 0 Å². The molecule has 0 aliphatic heterocycles. The Labute approximate surface area is 163 Å². The molecule has 27 heavy (non-hydrogen) atoms. The van der Waals surface area contributed by atoms with E-state index in [1.807, 2.05) is 6.07 Å². The molecular weight excluding hydrogens is 350 g/mol. The number of hydrogen-bond donors (Lipinski definition) is 1. The van der Waals surface area contributed by atoms with Crippen LogP contribution in [0.1, 0.15) is 23.9 Å². The highest BCUT2D eigenvalue weighted by molar-refractivity contribution is 7.71. The maximum absolute atomic E-state index is 5.56. The third-order valence-electron chi connectivity index (χ3n) is 5.25. The van der Waals surface area contributed by atoms with Gasteiger partial charge in [0.25, 0.3) is 0 Å². The molecule has 2 atom stereocenters. The zero-order chi connectivity index (χ0) is 18.2. The highest BCUT2D eigenvalue weighted by Gasteiger charge is 2.41. The molecule has 4 aromatic rings. The second-order valence-electron chi connectivity index (χ2n) is 6.99. The van der Waals surface area contributed by atoms with Crippen molar-refractivity contribution in [2.24, 2.45) is 0 Å². The Bertz CT molecular complexity index is 1130. The van der Waals surface area contributed by atoms with Gasteiger partial charge in [-0.3, -0.25) is 9.67 Å². The van der Waals surface area contributed by atoms with E-state index < -0.39 is 0 Å². The average Bonchev–Trinajstić information content (AvgIpc) is 3.43. The van der Waals surface area contributed by atoms with Crippen molar-refractivity contribution in [3.8, 4) is 22.5 Å². The van der Waals surface area contributed by atoms with E-state index >= 15 is 0 Å². The third kappa shape index (κ3) is 3.02. The SMILES string of the molecule is S=c1[nH]nc(-c2cccc(-c3ccccc3)c2)n1[C@@H]1C[C@H]1c1ccccc1. The summed E-state index contributed by atoms with van der Waals surface area (Å²) >= 11 is 5.56. The van der Waals surface area contributed by atoms with Gasteiger partial charge in [-0.25, -0.2) is 0 Å². The van der Waals surface area contributed by atoms with E-state index in [1.165, 1.54) is 16.7 Å². The molecule has 3 aromatic carbocycles. The van der Waals surface area contributed by atoms with Crippen LogP contribution in [0, 0.1) is 4.77 Å². The predicted octanol–water partition coefficient (Wildman–Crippen LogP) is 6.00. The van der Waals surface area contributed by atoms with Gasteiger partial charge in [0.2, 0.25) is 0 Å². The minimum atomic E-state index is 0.369. The Morgan fingerprint density at radius 2 is 1.48 bits per heavy atom. The van der Waals surface area contributed by atoms with Gasteiger partial charge in [0.15, 0.2) is 10.6 Å². The van der Waals surface area contributed by atoms with Crippen LogP contribution in [-0.4, -0.2) is 14.8 Å². The minimum Gasteiger partial charge on any atom is -0.296 e. The lowest BCUT2D eigenvalue weighted by atomic mass is 10.0. The summed E-state index contributed by atoms with van der Waals surface area (Å²) in [6.45, 7) is 0. The van der Waals surface area contributed by atoms with Crippen LogP contribution >= 0.6 is 12.2 Å². The number of rotatable bonds is 4. The Morgan fingerprint density at radius 1 is 0.815 bits per heavy atom. The van der Waals surface area contributed by atoms with Crippen molar-refractivity contribution >= 4 is 12.2 Å². The van der Waals surface area contributed by atoms with E-state index in [1.54, 1.807) is 0 Å². The largest absolute Gasteiger partial charge is 0.296 e. The van der Waals surface area contributed by atoms with Gasteiger partial charge in [-0.2, -0.15) is 5.10 Å². The van der Waals surface area contributed by atoms with Crippen LogP contribution < -0.4 is 0 Å². The molecule has 0 bridgehead atoms. The summed E-state index contributed by atoms with van der Waals surface area (Å²) in [7, 11) is 0. The van der Waals surface area contributed by atoms with Crippen LogP contribution in [0.2, 0.25) is 0 Å². The van der Waals surface area contributed by atoms with Crippen molar-refractivity contribution in [1.82, 2.24) is 14.8 Å². The van der Waals surface area contributed by atoms with Crippen LogP contribution in [0.3, 0.4) is 0 Å². The lowest BCUT2D eigenvalue weighted by Gasteiger charge is -2.09. The number of nitrogens with zero attached hydrogens (tertiary/aromatic N) is 2. The first-order valence-corrected chi connectivity index (χ1v) is 9.60. The van der Waals surface area contributed by atoms with E-state index in [9.17, 15) is 0 Å². The molecule has 1 fully saturated rings. The van der Waals surface area contributed by atoms with Crippen LogP contribution in [0.4, 0.5) is 0 Å². The van der Waals surface area contributed by atoms with E-state index in [2.05, 4.69) is 93.6 Å².